The largest absolute Gasteiger partial charge is 0.392 e. The van der Waals surface area contributed by atoms with Crippen LogP contribution in [0.4, 0.5) is 5.69 Å². The summed E-state index contributed by atoms with van der Waals surface area (Å²) >= 11 is 1.60. The smallest absolute Gasteiger partial charge is 0.246 e. The van der Waals surface area contributed by atoms with Gasteiger partial charge in [0.2, 0.25) is 11.8 Å². The third-order valence-electron chi connectivity index (χ3n) is 5.39. The summed E-state index contributed by atoms with van der Waals surface area (Å²) in [5, 5.41) is 15.9. The highest BCUT2D eigenvalue weighted by atomic mass is 32.2. The van der Waals surface area contributed by atoms with Gasteiger partial charge in [-0.1, -0.05) is 44.4 Å². The van der Waals surface area contributed by atoms with Crippen molar-refractivity contribution in [3.05, 3.63) is 30.3 Å². The highest BCUT2D eigenvalue weighted by Gasteiger charge is 2.21. The van der Waals surface area contributed by atoms with Gasteiger partial charge in [-0.05, 0) is 50.0 Å². The van der Waals surface area contributed by atoms with E-state index in [1.165, 1.54) is 19.3 Å². The van der Waals surface area contributed by atoms with Crippen LogP contribution in [0.15, 0.2) is 30.3 Å². The number of thioether (sulfide) groups is 1. The van der Waals surface area contributed by atoms with Crippen molar-refractivity contribution in [3.8, 4) is 0 Å². The second kappa shape index (κ2) is 15.3. The summed E-state index contributed by atoms with van der Waals surface area (Å²) in [4.78, 5) is 24.7. The predicted molar refractivity (Wildman–Crippen MR) is 127 cm³/mol. The molecule has 1 aromatic carbocycles. The molecular formula is C24H38N2O4S. The molecule has 7 heteroatoms. The van der Waals surface area contributed by atoms with Crippen molar-refractivity contribution in [3.63, 3.8) is 0 Å². The molecule has 0 bridgehead atoms. The summed E-state index contributed by atoms with van der Waals surface area (Å²) in [6, 6.07) is 8.66. The highest BCUT2D eigenvalue weighted by Crippen LogP contribution is 2.20. The molecule has 1 aromatic rings. The fourth-order valence-electron chi connectivity index (χ4n) is 3.62. The quantitative estimate of drug-likeness (QED) is 0.371. The zero-order chi connectivity index (χ0) is 22.3. The molecule has 2 rings (SSSR count). The molecule has 0 spiro atoms. The summed E-state index contributed by atoms with van der Waals surface area (Å²) in [6.45, 7) is 2.54. The lowest BCUT2D eigenvalue weighted by molar-refractivity contribution is -0.126. The van der Waals surface area contributed by atoms with E-state index in [9.17, 15) is 14.7 Å². The topological polar surface area (TPSA) is 87.7 Å². The van der Waals surface area contributed by atoms with Gasteiger partial charge in [0.25, 0.3) is 0 Å². The SMILES string of the molecule is CCCC(=O)NC(CCSCC(O)CCOC1CCCCC1)C(=O)Nc1ccccc1. The van der Waals surface area contributed by atoms with Crippen molar-refractivity contribution in [2.45, 2.75) is 83.0 Å². The zero-order valence-corrected chi connectivity index (χ0v) is 19.5. The highest BCUT2D eigenvalue weighted by molar-refractivity contribution is 7.99. The molecule has 1 aliphatic rings. The summed E-state index contributed by atoms with van der Waals surface area (Å²) in [6.07, 6.45) is 8.32. The van der Waals surface area contributed by atoms with Crippen LogP contribution >= 0.6 is 11.8 Å². The Kier molecular flexibility index (Phi) is 12.7. The molecule has 0 saturated heterocycles. The normalized spacial score (nSPS) is 16.5. The maximum Gasteiger partial charge on any atom is 0.246 e. The number of hydrogen-bond donors (Lipinski definition) is 3. The Morgan fingerprint density at radius 3 is 2.61 bits per heavy atom. The molecule has 0 aromatic heterocycles. The van der Waals surface area contributed by atoms with Crippen LogP contribution in [-0.2, 0) is 14.3 Å². The molecule has 31 heavy (non-hydrogen) atoms. The Bertz CT molecular complexity index is 638. The number of carbonyl (C=O) groups excluding carboxylic acids is 2. The van der Waals surface area contributed by atoms with E-state index >= 15 is 0 Å². The van der Waals surface area contributed by atoms with Gasteiger partial charge in [-0.2, -0.15) is 11.8 Å². The van der Waals surface area contributed by atoms with E-state index in [4.69, 9.17) is 4.74 Å². The van der Waals surface area contributed by atoms with Crippen LogP contribution in [0, 0.1) is 0 Å². The number of benzene rings is 1. The molecule has 1 aliphatic carbocycles. The Balaban J connectivity index is 1.69. The van der Waals surface area contributed by atoms with Gasteiger partial charge in [-0.25, -0.2) is 0 Å². The third-order valence-corrected chi connectivity index (χ3v) is 6.53. The Labute approximate surface area is 190 Å². The van der Waals surface area contributed by atoms with Gasteiger partial charge in [-0.15, -0.1) is 0 Å². The van der Waals surface area contributed by atoms with Crippen LogP contribution in [0.1, 0.15) is 64.7 Å². The minimum atomic E-state index is -0.585. The van der Waals surface area contributed by atoms with E-state index in [2.05, 4.69) is 10.6 Å². The number of hydrogen-bond acceptors (Lipinski definition) is 5. The Morgan fingerprint density at radius 1 is 1.16 bits per heavy atom. The van der Waals surface area contributed by atoms with Crippen LogP contribution in [0.25, 0.3) is 0 Å². The van der Waals surface area contributed by atoms with Gasteiger partial charge in [0.15, 0.2) is 0 Å². The van der Waals surface area contributed by atoms with E-state index in [-0.39, 0.29) is 11.8 Å². The van der Waals surface area contributed by atoms with Crippen molar-refractivity contribution in [1.29, 1.82) is 0 Å². The number of nitrogens with one attached hydrogen (secondary N) is 2. The molecule has 174 valence electrons. The van der Waals surface area contributed by atoms with Gasteiger partial charge in [0, 0.05) is 24.5 Å². The average Bonchev–Trinajstić information content (AvgIpc) is 2.77. The first kappa shape index (κ1) is 25.7. The number of aliphatic hydroxyl groups is 1. The van der Waals surface area contributed by atoms with E-state index in [0.717, 1.165) is 19.3 Å². The molecule has 1 saturated carbocycles. The van der Waals surface area contributed by atoms with Gasteiger partial charge in [-0.3, -0.25) is 9.59 Å². The molecule has 0 heterocycles. The summed E-state index contributed by atoms with van der Waals surface area (Å²) < 4.78 is 5.88. The van der Waals surface area contributed by atoms with Gasteiger partial charge in [0.1, 0.15) is 6.04 Å². The first-order valence-electron chi connectivity index (χ1n) is 11.6. The Hall–Kier alpha value is -1.57. The predicted octanol–water partition coefficient (Wildman–Crippen LogP) is 4.13. The molecule has 2 unspecified atom stereocenters. The fraction of sp³-hybridized carbons (Fsp3) is 0.667. The first-order chi connectivity index (χ1) is 15.1. The monoisotopic (exact) mass is 450 g/mol. The number of anilines is 1. The molecule has 2 atom stereocenters. The van der Waals surface area contributed by atoms with Crippen LogP contribution in [0.3, 0.4) is 0 Å². The number of para-hydroxylation sites is 1. The van der Waals surface area contributed by atoms with E-state index in [1.54, 1.807) is 11.8 Å². The van der Waals surface area contributed by atoms with Crippen molar-refractivity contribution in [1.82, 2.24) is 5.32 Å². The molecule has 0 aliphatic heterocycles. The minimum Gasteiger partial charge on any atom is -0.392 e. The number of aliphatic hydroxyl groups excluding tert-OH is 1. The molecular weight excluding hydrogens is 412 g/mol. The fourth-order valence-corrected chi connectivity index (χ4v) is 4.63. The summed E-state index contributed by atoms with van der Waals surface area (Å²) in [5.41, 5.74) is 0.711. The summed E-state index contributed by atoms with van der Waals surface area (Å²) in [7, 11) is 0. The molecule has 1 fully saturated rings. The number of carbonyl (C=O) groups is 2. The molecule has 3 N–H and O–H groups in total. The van der Waals surface area contributed by atoms with Crippen LogP contribution in [0.5, 0.6) is 0 Å². The number of amides is 2. The zero-order valence-electron chi connectivity index (χ0n) is 18.7. The molecule has 0 radical (unpaired) electrons. The molecule has 2 amide bonds. The summed E-state index contributed by atoms with van der Waals surface area (Å²) in [5.74, 6) is 0.961. The van der Waals surface area contributed by atoms with Crippen molar-refractivity contribution >= 4 is 29.3 Å². The number of rotatable bonds is 14. The second-order valence-electron chi connectivity index (χ2n) is 8.16. The lowest BCUT2D eigenvalue weighted by atomic mass is 9.98. The van der Waals surface area contributed by atoms with Gasteiger partial charge >= 0.3 is 0 Å². The minimum absolute atomic E-state index is 0.111. The molecule has 6 nitrogen and oxygen atoms in total. The van der Waals surface area contributed by atoms with Crippen LogP contribution < -0.4 is 10.6 Å². The van der Waals surface area contributed by atoms with E-state index in [0.29, 0.717) is 49.2 Å². The second-order valence-corrected chi connectivity index (χ2v) is 9.31. The van der Waals surface area contributed by atoms with Crippen LogP contribution in [-0.4, -0.2) is 53.3 Å². The maximum absolute atomic E-state index is 12.7. The van der Waals surface area contributed by atoms with Crippen LogP contribution in [0.2, 0.25) is 0 Å². The number of ether oxygens (including phenoxy) is 1. The van der Waals surface area contributed by atoms with Crippen molar-refractivity contribution in [2.24, 2.45) is 0 Å². The van der Waals surface area contributed by atoms with Gasteiger partial charge < -0.3 is 20.5 Å². The average molecular weight is 451 g/mol. The maximum atomic E-state index is 12.7. The van der Waals surface area contributed by atoms with Crippen molar-refractivity contribution in [2.75, 3.05) is 23.4 Å². The Morgan fingerprint density at radius 2 is 1.90 bits per heavy atom. The third kappa shape index (κ3) is 11.0. The van der Waals surface area contributed by atoms with Gasteiger partial charge in [0.05, 0.1) is 12.2 Å². The van der Waals surface area contributed by atoms with E-state index < -0.39 is 12.1 Å². The lowest BCUT2D eigenvalue weighted by Crippen LogP contribution is -2.44. The van der Waals surface area contributed by atoms with Crippen molar-refractivity contribution < 1.29 is 19.4 Å². The lowest BCUT2D eigenvalue weighted by Gasteiger charge is -2.22. The van der Waals surface area contributed by atoms with E-state index in [1.807, 2.05) is 37.3 Å². The first-order valence-corrected chi connectivity index (χ1v) is 12.8. The standard InChI is InChI=1S/C24H38N2O4S/c1-2-9-23(28)26-22(24(29)25-19-10-5-3-6-11-19)15-17-31-18-20(27)14-16-30-21-12-7-4-8-13-21/h3,5-6,10-11,20-22,27H,2,4,7-9,12-18H2,1H3,(H,25,29)(H,26,28).